The second-order valence-corrected chi connectivity index (χ2v) is 10.1. The number of methoxy groups -OCH3 is 2. The molecule has 1 heterocycles. The van der Waals surface area contributed by atoms with Crippen molar-refractivity contribution in [1.29, 1.82) is 0 Å². The molecule has 1 saturated heterocycles. The van der Waals surface area contributed by atoms with E-state index in [-0.39, 0.29) is 27.0 Å². The van der Waals surface area contributed by atoms with Crippen molar-refractivity contribution in [3.05, 3.63) is 52.5 Å². The molecule has 1 fully saturated rings. The SMILES string of the molecule is COc1ccc(OC)c(C(=O)COC(=O)c2ccc(Cl)c(S(=O)(=O)N3CCCC(C)C3)c2)c1. The van der Waals surface area contributed by atoms with Crippen molar-refractivity contribution in [2.24, 2.45) is 5.92 Å². The minimum absolute atomic E-state index is 0.0157. The Morgan fingerprint density at radius 2 is 1.88 bits per heavy atom. The molecule has 0 saturated carbocycles. The van der Waals surface area contributed by atoms with Crippen LogP contribution in [-0.4, -0.2) is 58.4 Å². The van der Waals surface area contributed by atoms with Gasteiger partial charge in [-0.3, -0.25) is 4.79 Å². The first-order valence-corrected chi connectivity index (χ1v) is 12.2. The van der Waals surface area contributed by atoms with Crippen LogP contribution in [-0.2, 0) is 14.8 Å². The van der Waals surface area contributed by atoms with Gasteiger partial charge in [0.15, 0.2) is 6.61 Å². The smallest absolute Gasteiger partial charge is 0.338 e. The molecule has 1 atom stereocenters. The lowest BCUT2D eigenvalue weighted by Crippen LogP contribution is -2.39. The number of piperidine rings is 1. The third kappa shape index (κ3) is 5.66. The van der Waals surface area contributed by atoms with Crippen molar-refractivity contribution >= 4 is 33.4 Å². The van der Waals surface area contributed by atoms with Gasteiger partial charge >= 0.3 is 5.97 Å². The van der Waals surface area contributed by atoms with Crippen LogP contribution in [0.5, 0.6) is 11.5 Å². The summed E-state index contributed by atoms with van der Waals surface area (Å²) >= 11 is 6.17. The number of hydrogen-bond acceptors (Lipinski definition) is 7. The van der Waals surface area contributed by atoms with Crippen molar-refractivity contribution in [2.75, 3.05) is 33.9 Å². The van der Waals surface area contributed by atoms with Gasteiger partial charge < -0.3 is 14.2 Å². The van der Waals surface area contributed by atoms with Gasteiger partial charge in [0.05, 0.1) is 30.4 Å². The summed E-state index contributed by atoms with van der Waals surface area (Å²) in [5, 5.41) is 0.0157. The maximum Gasteiger partial charge on any atom is 0.338 e. The molecule has 33 heavy (non-hydrogen) atoms. The zero-order chi connectivity index (χ0) is 24.2. The predicted octanol–water partition coefficient (Wildman–Crippen LogP) is 3.82. The van der Waals surface area contributed by atoms with Crippen LogP contribution in [0.25, 0.3) is 0 Å². The maximum absolute atomic E-state index is 13.1. The molecule has 0 aromatic heterocycles. The number of ketones is 1. The molecule has 3 rings (SSSR count). The molecule has 0 N–H and O–H groups in total. The van der Waals surface area contributed by atoms with Gasteiger partial charge in [0.25, 0.3) is 0 Å². The molecule has 1 unspecified atom stereocenters. The van der Waals surface area contributed by atoms with E-state index in [9.17, 15) is 18.0 Å². The van der Waals surface area contributed by atoms with Gasteiger partial charge in [-0.15, -0.1) is 0 Å². The van der Waals surface area contributed by atoms with Gasteiger partial charge in [0.1, 0.15) is 16.4 Å². The molecule has 178 valence electrons. The van der Waals surface area contributed by atoms with Crippen molar-refractivity contribution in [3.63, 3.8) is 0 Å². The Kier molecular flexibility index (Phi) is 7.99. The fraction of sp³-hybridized carbons (Fsp3) is 0.391. The average molecular weight is 496 g/mol. The Morgan fingerprint density at radius 3 is 2.55 bits per heavy atom. The molecule has 0 aliphatic carbocycles. The zero-order valence-electron chi connectivity index (χ0n) is 18.7. The minimum Gasteiger partial charge on any atom is -0.497 e. The number of benzene rings is 2. The monoisotopic (exact) mass is 495 g/mol. The molecule has 10 heteroatoms. The van der Waals surface area contributed by atoms with E-state index in [1.54, 1.807) is 12.1 Å². The summed E-state index contributed by atoms with van der Waals surface area (Å²) in [5.41, 5.74) is 0.177. The van der Waals surface area contributed by atoms with Gasteiger partial charge in [0.2, 0.25) is 15.8 Å². The van der Waals surface area contributed by atoms with E-state index in [0.717, 1.165) is 12.8 Å². The summed E-state index contributed by atoms with van der Waals surface area (Å²) in [5.74, 6) is -0.342. The van der Waals surface area contributed by atoms with Crippen LogP contribution < -0.4 is 9.47 Å². The van der Waals surface area contributed by atoms with Crippen LogP contribution in [0.4, 0.5) is 0 Å². The van der Waals surface area contributed by atoms with Gasteiger partial charge in [-0.25, -0.2) is 13.2 Å². The van der Waals surface area contributed by atoms with E-state index in [2.05, 4.69) is 0 Å². The summed E-state index contributed by atoms with van der Waals surface area (Å²) < 4.78 is 43.1. The van der Waals surface area contributed by atoms with Crippen molar-refractivity contribution in [1.82, 2.24) is 4.31 Å². The Balaban J connectivity index is 1.77. The number of hydrogen-bond donors (Lipinski definition) is 0. The quantitative estimate of drug-likeness (QED) is 0.405. The van der Waals surface area contributed by atoms with E-state index in [1.807, 2.05) is 6.92 Å². The molecule has 0 amide bonds. The van der Waals surface area contributed by atoms with Crippen molar-refractivity contribution in [2.45, 2.75) is 24.7 Å². The second-order valence-electron chi connectivity index (χ2n) is 7.82. The number of carbonyl (C=O) groups excluding carboxylic acids is 2. The summed E-state index contributed by atoms with van der Waals surface area (Å²) in [4.78, 5) is 25.0. The number of carbonyl (C=O) groups is 2. The lowest BCUT2D eigenvalue weighted by Gasteiger charge is -2.30. The number of nitrogens with zero attached hydrogens (tertiary/aromatic N) is 1. The standard InChI is InChI=1S/C23H26ClNO7S/c1-15-5-4-10-25(13-15)33(28,29)22-11-16(6-8-19(22)24)23(27)32-14-20(26)18-12-17(30-2)7-9-21(18)31-3/h6-9,11-12,15H,4-5,10,13-14H2,1-3H3. The number of rotatable bonds is 8. The van der Waals surface area contributed by atoms with E-state index >= 15 is 0 Å². The topological polar surface area (TPSA) is 99.2 Å². The van der Waals surface area contributed by atoms with Crippen LogP contribution in [0, 0.1) is 5.92 Å². The normalized spacial score (nSPS) is 16.8. The molecule has 2 aromatic rings. The summed E-state index contributed by atoms with van der Waals surface area (Å²) in [7, 11) is -0.991. The first kappa shape index (κ1) is 25.0. The number of sulfonamides is 1. The molecular weight excluding hydrogens is 470 g/mol. The first-order chi connectivity index (χ1) is 15.7. The Morgan fingerprint density at radius 1 is 1.12 bits per heavy atom. The highest BCUT2D eigenvalue weighted by Gasteiger charge is 2.31. The average Bonchev–Trinajstić information content (AvgIpc) is 2.82. The van der Waals surface area contributed by atoms with Crippen molar-refractivity contribution < 1.29 is 32.2 Å². The molecular formula is C23H26ClNO7S. The van der Waals surface area contributed by atoms with Gasteiger partial charge in [-0.2, -0.15) is 4.31 Å². The predicted molar refractivity (Wildman–Crippen MR) is 123 cm³/mol. The van der Waals surface area contributed by atoms with Crippen molar-refractivity contribution in [3.8, 4) is 11.5 Å². The number of halogens is 1. The summed E-state index contributed by atoms with van der Waals surface area (Å²) in [6.45, 7) is 2.22. The maximum atomic E-state index is 13.1. The largest absolute Gasteiger partial charge is 0.497 e. The third-order valence-electron chi connectivity index (χ3n) is 5.45. The molecule has 1 aliphatic rings. The lowest BCUT2D eigenvalue weighted by molar-refractivity contribution is 0.0473. The van der Waals surface area contributed by atoms with Gasteiger partial charge in [-0.1, -0.05) is 18.5 Å². The van der Waals surface area contributed by atoms with Gasteiger partial charge in [0, 0.05) is 13.1 Å². The molecule has 0 radical (unpaired) electrons. The van der Waals surface area contributed by atoms with Crippen LogP contribution >= 0.6 is 11.6 Å². The van der Waals surface area contributed by atoms with Crippen LogP contribution in [0.1, 0.15) is 40.5 Å². The number of Topliss-reactive ketones (excluding diaryl/α,β-unsaturated/α-hetero) is 1. The van der Waals surface area contributed by atoms with Gasteiger partial charge in [-0.05, 0) is 55.2 Å². The van der Waals surface area contributed by atoms with Crippen LogP contribution in [0.3, 0.4) is 0 Å². The number of ether oxygens (including phenoxy) is 3. The molecule has 0 bridgehead atoms. The first-order valence-electron chi connectivity index (χ1n) is 10.4. The Labute approximate surface area is 198 Å². The highest BCUT2D eigenvalue weighted by molar-refractivity contribution is 7.89. The Bertz CT molecular complexity index is 1150. The molecule has 8 nitrogen and oxygen atoms in total. The van der Waals surface area contributed by atoms with E-state index in [4.69, 9.17) is 25.8 Å². The second kappa shape index (κ2) is 10.5. The molecule has 1 aliphatic heterocycles. The highest BCUT2D eigenvalue weighted by atomic mass is 35.5. The Hall–Kier alpha value is -2.62. The molecule has 2 aromatic carbocycles. The van der Waals surface area contributed by atoms with E-state index in [0.29, 0.717) is 24.6 Å². The lowest BCUT2D eigenvalue weighted by atomic mass is 10.0. The molecule has 0 spiro atoms. The third-order valence-corrected chi connectivity index (χ3v) is 7.79. The fourth-order valence-electron chi connectivity index (χ4n) is 3.66. The van der Waals surface area contributed by atoms with E-state index in [1.165, 1.54) is 42.8 Å². The van der Waals surface area contributed by atoms with Crippen LogP contribution in [0.2, 0.25) is 5.02 Å². The van der Waals surface area contributed by atoms with Crippen LogP contribution in [0.15, 0.2) is 41.3 Å². The zero-order valence-corrected chi connectivity index (χ0v) is 20.2. The van der Waals surface area contributed by atoms with E-state index < -0.39 is 28.4 Å². The summed E-state index contributed by atoms with van der Waals surface area (Å²) in [6.07, 6.45) is 1.72. The number of esters is 1. The minimum atomic E-state index is -3.88. The fourth-order valence-corrected chi connectivity index (χ4v) is 5.75. The summed E-state index contributed by atoms with van der Waals surface area (Å²) in [6, 6.07) is 8.59. The highest BCUT2D eigenvalue weighted by Crippen LogP contribution is 2.29.